The van der Waals surface area contributed by atoms with E-state index in [2.05, 4.69) is 5.32 Å². The van der Waals surface area contributed by atoms with Gasteiger partial charge in [-0.05, 0) is 24.1 Å². The lowest BCUT2D eigenvalue weighted by molar-refractivity contribution is -0.118. The zero-order valence-corrected chi connectivity index (χ0v) is 9.79. The molecule has 1 N–H and O–H groups in total. The molecule has 0 heterocycles. The van der Waals surface area contributed by atoms with Crippen LogP contribution in [-0.4, -0.2) is 18.4 Å². The molecule has 0 spiro atoms. The number of aryl methyl sites for hydroxylation is 1. The summed E-state index contributed by atoms with van der Waals surface area (Å²) in [4.78, 5) is 11.5. The highest BCUT2D eigenvalue weighted by atomic mass is 19.1. The predicted octanol–water partition coefficient (Wildman–Crippen LogP) is 2.33. The Bertz CT molecular complexity index is 332. The van der Waals surface area contributed by atoms with Gasteiger partial charge in [-0.1, -0.05) is 26.0 Å². The van der Waals surface area contributed by atoms with Gasteiger partial charge in [-0.3, -0.25) is 4.79 Å². The number of rotatable bonds is 6. The SMILES string of the molecule is CC(C)NCC(=O)CCc1ccc(F)cc1. The second-order valence-corrected chi connectivity index (χ2v) is 4.20. The van der Waals surface area contributed by atoms with Crippen molar-refractivity contribution in [1.29, 1.82) is 0 Å². The van der Waals surface area contributed by atoms with Crippen LogP contribution in [0.4, 0.5) is 4.39 Å². The van der Waals surface area contributed by atoms with Crippen molar-refractivity contribution in [2.45, 2.75) is 32.7 Å². The zero-order chi connectivity index (χ0) is 12.0. The molecule has 0 atom stereocenters. The Morgan fingerprint density at radius 3 is 2.50 bits per heavy atom. The predicted molar refractivity (Wildman–Crippen MR) is 62.9 cm³/mol. The van der Waals surface area contributed by atoms with Crippen LogP contribution in [0.25, 0.3) is 0 Å². The molecule has 1 aromatic rings. The first-order chi connectivity index (χ1) is 7.58. The van der Waals surface area contributed by atoms with Crippen molar-refractivity contribution in [3.63, 3.8) is 0 Å². The lowest BCUT2D eigenvalue weighted by Crippen LogP contribution is -2.29. The maximum atomic E-state index is 12.6. The van der Waals surface area contributed by atoms with E-state index < -0.39 is 0 Å². The van der Waals surface area contributed by atoms with Gasteiger partial charge in [0.05, 0.1) is 6.54 Å². The average Bonchev–Trinajstić information content (AvgIpc) is 2.25. The van der Waals surface area contributed by atoms with Crippen molar-refractivity contribution in [1.82, 2.24) is 5.32 Å². The summed E-state index contributed by atoms with van der Waals surface area (Å²) in [5.74, 6) is -0.0467. The number of halogens is 1. The van der Waals surface area contributed by atoms with E-state index in [1.165, 1.54) is 12.1 Å². The van der Waals surface area contributed by atoms with E-state index in [9.17, 15) is 9.18 Å². The Labute approximate surface area is 95.9 Å². The molecule has 0 aliphatic heterocycles. The van der Waals surface area contributed by atoms with Crippen LogP contribution in [0.15, 0.2) is 24.3 Å². The summed E-state index contributed by atoms with van der Waals surface area (Å²) in [6.07, 6.45) is 1.18. The molecule has 0 aromatic heterocycles. The van der Waals surface area contributed by atoms with Gasteiger partial charge in [0.2, 0.25) is 0 Å². The van der Waals surface area contributed by atoms with Crippen LogP contribution in [-0.2, 0) is 11.2 Å². The molecule has 0 radical (unpaired) electrons. The average molecular weight is 223 g/mol. The molecule has 0 unspecified atom stereocenters. The summed E-state index contributed by atoms with van der Waals surface area (Å²) in [5.41, 5.74) is 0.999. The molecular weight excluding hydrogens is 205 g/mol. The topological polar surface area (TPSA) is 29.1 Å². The van der Waals surface area contributed by atoms with Gasteiger partial charge in [0.25, 0.3) is 0 Å². The molecule has 2 nitrogen and oxygen atoms in total. The van der Waals surface area contributed by atoms with Crippen LogP contribution < -0.4 is 5.32 Å². The highest BCUT2D eigenvalue weighted by molar-refractivity contribution is 5.80. The van der Waals surface area contributed by atoms with E-state index in [-0.39, 0.29) is 11.6 Å². The third kappa shape index (κ3) is 5.03. The number of Topliss-reactive ketones (excluding diaryl/α,β-unsaturated/α-hetero) is 1. The van der Waals surface area contributed by atoms with Crippen LogP contribution in [0.3, 0.4) is 0 Å². The van der Waals surface area contributed by atoms with Crippen molar-refractivity contribution in [3.05, 3.63) is 35.6 Å². The summed E-state index contributed by atoms with van der Waals surface area (Å²) in [5, 5.41) is 3.08. The number of hydrogen-bond acceptors (Lipinski definition) is 2. The molecule has 0 saturated heterocycles. The van der Waals surface area contributed by atoms with Crippen LogP contribution in [0.5, 0.6) is 0 Å². The van der Waals surface area contributed by atoms with Gasteiger partial charge in [0.1, 0.15) is 11.6 Å². The molecule has 0 aliphatic rings. The quantitative estimate of drug-likeness (QED) is 0.802. The van der Waals surface area contributed by atoms with Crippen molar-refractivity contribution < 1.29 is 9.18 Å². The van der Waals surface area contributed by atoms with Crippen molar-refractivity contribution >= 4 is 5.78 Å². The first-order valence-corrected chi connectivity index (χ1v) is 5.57. The molecule has 3 heteroatoms. The first kappa shape index (κ1) is 12.8. The van der Waals surface area contributed by atoms with Crippen molar-refractivity contribution in [3.8, 4) is 0 Å². The smallest absolute Gasteiger partial charge is 0.146 e. The Balaban J connectivity index is 2.29. The van der Waals surface area contributed by atoms with Gasteiger partial charge in [0.15, 0.2) is 0 Å². The Morgan fingerprint density at radius 1 is 1.31 bits per heavy atom. The summed E-state index contributed by atoms with van der Waals surface area (Å²) >= 11 is 0. The molecule has 88 valence electrons. The van der Waals surface area contributed by atoms with Crippen molar-refractivity contribution in [2.24, 2.45) is 0 Å². The minimum Gasteiger partial charge on any atom is -0.308 e. The fourth-order valence-corrected chi connectivity index (χ4v) is 1.34. The minimum absolute atomic E-state index is 0.193. The number of hydrogen-bond donors (Lipinski definition) is 1. The van der Waals surface area contributed by atoms with Gasteiger partial charge in [-0.2, -0.15) is 0 Å². The molecule has 0 amide bonds. The number of benzene rings is 1. The molecular formula is C13H18FNO. The lowest BCUT2D eigenvalue weighted by atomic mass is 10.1. The maximum absolute atomic E-state index is 12.6. The van der Waals surface area contributed by atoms with E-state index in [1.807, 2.05) is 13.8 Å². The normalized spacial score (nSPS) is 10.8. The van der Waals surface area contributed by atoms with Crippen LogP contribution >= 0.6 is 0 Å². The fourth-order valence-electron chi connectivity index (χ4n) is 1.34. The Hall–Kier alpha value is -1.22. The Kier molecular flexibility index (Phi) is 5.12. The third-order valence-corrected chi connectivity index (χ3v) is 2.31. The number of carbonyl (C=O) groups excluding carboxylic acids is 1. The number of nitrogens with one attached hydrogen (secondary N) is 1. The fraction of sp³-hybridized carbons (Fsp3) is 0.462. The molecule has 16 heavy (non-hydrogen) atoms. The summed E-state index contributed by atoms with van der Waals surface area (Å²) in [6.45, 7) is 4.43. The van der Waals surface area contributed by atoms with Gasteiger partial charge in [-0.15, -0.1) is 0 Å². The molecule has 0 fully saturated rings. The van der Waals surface area contributed by atoms with Gasteiger partial charge in [0, 0.05) is 12.5 Å². The van der Waals surface area contributed by atoms with Crippen LogP contribution in [0.1, 0.15) is 25.8 Å². The number of ketones is 1. The van der Waals surface area contributed by atoms with Gasteiger partial charge in [-0.25, -0.2) is 4.39 Å². The zero-order valence-electron chi connectivity index (χ0n) is 9.79. The van der Waals surface area contributed by atoms with E-state index in [4.69, 9.17) is 0 Å². The number of carbonyl (C=O) groups is 1. The molecule has 0 bridgehead atoms. The summed E-state index contributed by atoms with van der Waals surface area (Å²) in [7, 11) is 0. The monoisotopic (exact) mass is 223 g/mol. The maximum Gasteiger partial charge on any atom is 0.146 e. The molecule has 1 aromatic carbocycles. The lowest BCUT2D eigenvalue weighted by Gasteiger charge is -2.06. The van der Waals surface area contributed by atoms with Crippen LogP contribution in [0.2, 0.25) is 0 Å². The van der Waals surface area contributed by atoms with E-state index >= 15 is 0 Å². The largest absolute Gasteiger partial charge is 0.308 e. The van der Waals surface area contributed by atoms with Crippen LogP contribution in [0, 0.1) is 5.82 Å². The van der Waals surface area contributed by atoms with Gasteiger partial charge < -0.3 is 5.32 Å². The van der Waals surface area contributed by atoms with Crippen molar-refractivity contribution in [2.75, 3.05) is 6.54 Å². The Morgan fingerprint density at radius 2 is 1.94 bits per heavy atom. The highest BCUT2D eigenvalue weighted by Gasteiger charge is 2.03. The second kappa shape index (κ2) is 6.38. The second-order valence-electron chi connectivity index (χ2n) is 4.20. The molecule has 1 rings (SSSR count). The van der Waals surface area contributed by atoms with Gasteiger partial charge >= 0.3 is 0 Å². The summed E-state index contributed by atoms with van der Waals surface area (Å²) in [6, 6.07) is 6.62. The standard InChI is InChI=1S/C13H18FNO/c1-10(2)15-9-13(16)8-5-11-3-6-12(14)7-4-11/h3-4,6-7,10,15H,5,8-9H2,1-2H3. The molecule has 0 saturated carbocycles. The highest BCUT2D eigenvalue weighted by Crippen LogP contribution is 2.05. The van der Waals surface area contributed by atoms with E-state index in [1.54, 1.807) is 12.1 Å². The van der Waals surface area contributed by atoms with E-state index in [0.717, 1.165) is 5.56 Å². The molecule has 0 aliphatic carbocycles. The third-order valence-electron chi connectivity index (χ3n) is 2.31. The van der Waals surface area contributed by atoms with E-state index in [0.29, 0.717) is 25.4 Å². The first-order valence-electron chi connectivity index (χ1n) is 5.57. The minimum atomic E-state index is -0.239. The summed E-state index contributed by atoms with van der Waals surface area (Å²) < 4.78 is 12.6.